The highest BCUT2D eigenvalue weighted by Crippen LogP contribution is 2.37. The van der Waals surface area contributed by atoms with Crippen molar-refractivity contribution in [1.82, 2.24) is 14.0 Å². The minimum absolute atomic E-state index is 0.914. The maximum absolute atomic E-state index is 5.05. The van der Waals surface area contributed by atoms with E-state index in [4.69, 9.17) is 4.98 Å². The van der Waals surface area contributed by atoms with E-state index >= 15 is 0 Å². The molecule has 0 atom stereocenters. The van der Waals surface area contributed by atoms with Gasteiger partial charge in [0.05, 0.1) is 22.1 Å². The molecule has 0 amide bonds. The van der Waals surface area contributed by atoms with E-state index in [0.717, 1.165) is 61.7 Å². The second-order valence-electron chi connectivity index (χ2n) is 14.9. The lowest BCUT2D eigenvalue weighted by molar-refractivity contribution is 1.11. The highest BCUT2D eigenvalue weighted by Gasteiger charge is 2.17. The molecule has 0 aliphatic carbocycles. The van der Waals surface area contributed by atoms with Crippen LogP contribution in [0.3, 0.4) is 0 Å². The Labute approximate surface area is 343 Å². The van der Waals surface area contributed by atoms with Gasteiger partial charge in [-0.25, -0.2) is 4.98 Å². The minimum atomic E-state index is 0.914. The standard InChI is InChI=1S/C55H38N4/c1-3-11-39(12-4-1)40-19-21-41(22-20-40)42-23-25-43(26-24-42)44-27-33-48(34-28-44)57(47-13-5-2-6-14-47)49-35-29-45(30-36-49)46-31-37-50(38-32-46)58-53-17-9-10-18-54(53)59-52-16-8-7-15-51(52)56-55(58)59/h1-38H. The van der Waals surface area contributed by atoms with Crippen LogP contribution < -0.4 is 4.90 Å². The number of hydrogen-bond donors (Lipinski definition) is 0. The second kappa shape index (κ2) is 14.5. The van der Waals surface area contributed by atoms with Crippen LogP contribution in [-0.4, -0.2) is 14.0 Å². The summed E-state index contributed by atoms with van der Waals surface area (Å²) >= 11 is 0. The van der Waals surface area contributed by atoms with Gasteiger partial charge >= 0.3 is 0 Å². The second-order valence-corrected chi connectivity index (χ2v) is 14.9. The number of para-hydroxylation sites is 5. The van der Waals surface area contributed by atoms with E-state index in [0.29, 0.717) is 0 Å². The molecule has 0 spiro atoms. The van der Waals surface area contributed by atoms with Gasteiger partial charge in [0.15, 0.2) is 0 Å². The van der Waals surface area contributed by atoms with Crippen LogP contribution in [0.1, 0.15) is 0 Å². The fourth-order valence-electron chi connectivity index (χ4n) is 8.38. The Morgan fingerprint density at radius 3 is 1.15 bits per heavy atom. The summed E-state index contributed by atoms with van der Waals surface area (Å²) in [6.45, 7) is 0. The lowest BCUT2D eigenvalue weighted by atomic mass is 9.98. The molecule has 0 unspecified atom stereocenters. The lowest BCUT2D eigenvalue weighted by Gasteiger charge is -2.26. The molecule has 0 aliphatic rings. The van der Waals surface area contributed by atoms with Crippen molar-refractivity contribution in [2.24, 2.45) is 0 Å². The lowest BCUT2D eigenvalue weighted by Crippen LogP contribution is -2.09. The Hall–Kier alpha value is -7.95. The van der Waals surface area contributed by atoms with E-state index in [1.807, 2.05) is 6.07 Å². The largest absolute Gasteiger partial charge is 0.311 e. The zero-order chi connectivity index (χ0) is 39.1. The molecule has 4 nitrogen and oxygen atoms in total. The molecular formula is C55H38N4. The first kappa shape index (κ1) is 34.3. The van der Waals surface area contributed by atoms with Gasteiger partial charge in [0.2, 0.25) is 5.78 Å². The molecule has 0 N–H and O–H groups in total. The molecule has 9 aromatic carbocycles. The third-order valence-corrected chi connectivity index (χ3v) is 11.4. The van der Waals surface area contributed by atoms with E-state index < -0.39 is 0 Å². The maximum Gasteiger partial charge on any atom is 0.220 e. The molecule has 0 fully saturated rings. The third kappa shape index (κ3) is 6.24. The highest BCUT2D eigenvalue weighted by molar-refractivity contribution is 5.92. The van der Waals surface area contributed by atoms with Gasteiger partial charge in [0.1, 0.15) is 0 Å². The summed E-state index contributed by atoms with van der Waals surface area (Å²) in [4.78, 5) is 7.37. The van der Waals surface area contributed by atoms with Crippen molar-refractivity contribution in [2.75, 3.05) is 4.90 Å². The van der Waals surface area contributed by atoms with Crippen molar-refractivity contribution in [1.29, 1.82) is 0 Å². The Bertz CT molecular complexity index is 3200. The normalized spacial score (nSPS) is 11.4. The van der Waals surface area contributed by atoms with Gasteiger partial charge in [-0.1, -0.05) is 158 Å². The fourth-order valence-corrected chi connectivity index (χ4v) is 8.38. The van der Waals surface area contributed by atoms with E-state index in [-0.39, 0.29) is 0 Å². The Morgan fingerprint density at radius 1 is 0.288 bits per heavy atom. The number of fused-ring (bicyclic) bond motifs is 5. The first-order chi connectivity index (χ1) is 29.2. The van der Waals surface area contributed by atoms with Crippen LogP contribution in [0.2, 0.25) is 0 Å². The van der Waals surface area contributed by atoms with Gasteiger partial charge < -0.3 is 4.90 Å². The van der Waals surface area contributed by atoms with Crippen LogP contribution in [0, 0.1) is 0 Å². The number of hydrogen-bond acceptors (Lipinski definition) is 2. The smallest absolute Gasteiger partial charge is 0.220 e. The predicted molar refractivity (Wildman–Crippen MR) is 246 cm³/mol. The Balaban J connectivity index is 0.854. The molecular weight excluding hydrogens is 717 g/mol. The summed E-state index contributed by atoms with van der Waals surface area (Å²) in [5.41, 5.74) is 18.3. The van der Waals surface area contributed by atoms with Gasteiger partial charge in [0.25, 0.3) is 0 Å². The van der Waals surface area contributed by atoms with Gasteiger partial charge in [-0.3, -0.25) is 8.97 Å². The molecule has 4 heteroatoms. The average molecular weight is 755 g/mol. The number of aromatic nitrogens is 3. The van der Waals surface area contributed by atoms with Crippen LogP contribution in [0.5, 0.6) is 0 Å². The van der Waals surface area contributed by atoms with Gasteiger partial charge in [-0.15, -0.1) is 0 Å². The van der Waals surface area contributed by atoms with Crippen molar-refractivity contribution < 1.29 is 0 Å². The van der Waals surface area contributed by atoms with Gasteiger partial charge in [-0.2, -0.15) is 0 Å². The summed E-state index contributed by atoms with van der Waals surface area (Å²) in [6, 6.07) is 82.2. The Morgan fingerprint density at radius 2 is 0.644 bits per heavy atom. The van der Waals surface area contributed by atoms with Crippen molar-refractivity contribution in [2.45, 2.75) is 0 Å². The molecule has 0 aliphatic heterocycles. The Kier molecular flexibility index (Phi) is 8.45. The monoisotopic (exact) mass is 754 g/mol. The fraction of sp³-hybridized carbons (Fsp3) is 0. The van der Waals surface area contributed by atoms with Crippen LogP contribution >= 0.6 is 0 Å². The van der Waals surface area contributed by atoms with E-state index in [2.05, 4.69) is 238 Å². The SMILES string of the molecule is c1ccc(-c2ccc(-c3ccc(-c4ccc(N(c5ccccc5)c5ccc(-c6ccc(-n7c8ccccc8n8c9ccccc9nc78)cc6)cc5)cc4)cc3)cc2)cc1. The molecule has 2 aromatic heterocycles. The van der Waals surface area contributed by atoms with Gasteiger partial charge in [-0.05, 0) is 117 Å². The zero-order valence-electron chi connectivity index (χ0n) is 32.2. The number of benzene rings is 9. The van der Waals surface area contributed by atoms with Crippen LogP contribution in [-0.2, 0) is 0 Å². The van der Waals surface area contributed by atoms with Crippen molar-refractivity contribution in [3.05, 3.63) is 231 Å². The average Bonchev–Trinajstić information content (AvgIpc) is 3.85. The van der Waals surface area contributed by atoms with Gasteiger partial charge in [0, 0.05) is 22.7 Å². The summed E-state index contributed by atoms with van der Waals surface area (Å²) < 4.78 is 4.51. The molecule has 278 valence electrons. The number of nitrogens with zero attached hydrogens (tertiary/aromatic N) is 4. The molecule has 0 bridgehead atoms. The first-order valence-electron chi connectivity index (χ1n) is 20.0. The van der Waals surface area contributed by atoms with E-state index in [1.165, 1.54) is 33.4 Å². The molecule has 0 radical (unpaired) electrons. The quantitative estimate of drug-likeness (QED) is 0.154. The van der Waals surface area contributed by atoms with Crippen LogP contribution in [0.15, 0.2) is 231 Å². The highest BCUT2D eigenvalue weighted by atomic mass is 15.2. The predicted octanol–water partition coefficient (Wildman–Crippen LogP) is 14.6. The number of anilines is 3. The minimum Gasteiger partial charge on any atom is -0.311 e. The van der Waals surface area contributed by atoms with Crippen LogP contribution in [0.4, 0.5) is 17.1 Å². The molecule has 59 heavy (non-hydrogen) atoms. The molecule has 11 aromatic rings. The third-order valence-electron chi connectivity index (χ3n) is 11.4. The van der Waals surface area contributed by atoms with E-state index in [9.17, 15) is 0 Å². The molecule has 0 saturated carbocycles. The zero-order valence-corrected chi connectivity index (χ0v) is 32.2. The molecule has 2 heterocycles. The summed E-state index contributed by atoms with van der Waals surface area (Å²) in [5.74, 6) is 0.914. The molecule has 0 saturated heterocycles. The van der Waals surface area contributed by atoms with E-state index in [1.54, 1.807) is 0 Å². The van der Waals surface area contributed by atoms with Crippen molar-refractivity contribution >= 4 is 44.9 Å². The maximum atomic E-state index is 5.05. The topological polar surface area (TPSA) is 25.5 Å². The number of imidazole rings is 2. The van der Waals surface area contributed by atoms with Crippen LogP contribution in [0.25, 0.3) is 78.0 Å². The number of rotatable bonds is 8. The molecule has 11 rings (SSSR count). The summed E-state index contributed by atoms with van der Waals surface area (Å²) in [6.07, 6.45) is 0. The van der Waals surface area contributed by atoms with Crippen molar-refractivity contribution in [3.63, 3.8) is 0 Å². The summed E-state index contributed by atoms with van der Waals surface area (Å²) in [5, 5.41) is 0. The summed E-state index contributed by atoms with van der Waals surface area (Å²) in [7, 11) is 0. The van der Waals surface area contributed by atoms with Crippen molar-refractivity contribution in [3.8, 4) is 50.2 Å². The first-order valence-corrected chi connectivity index (χ1v) is 20.0.